The number of aryl methyl sites for hydroxylation is 1. The van der Waals surface area contributed by atoms with Crippen LogP contribution in [0.1, 0.15) is 15.9 Å². The summed E-state index contributed by atoms with van der Waals surface area (Å²) in [5.74, 6) is -0.935. The molecule has 28 heavy (non-hydrogen) atoms. The maximum Gasteiger partial charge on any atom is 0.349 e. The van der Waals surface area contributed by atoms with Gasteiger partial charge in [-0.25, -0.2) is 4.79 Å². The van der Waals surface area contributed by atoms with E-state index >= 15 is 0 Å². The van der Waals surface area contributed by atoms with E-state index in [4.69, 9.17) is 4.42 Å². The quantitative estimate of drug-likeness (QED) is 0.362. The molecule has 0 aliphatic heterocycles. The van der Waals surface area contributed by atoms with Gasteiger partial charge in [-0.2, -0.15) is 0 Å². The molecule has 0 aliphatic rings. The van der Waals surface area contributed by atoms with Crippen molar-refractivity contribution < 1.29 is 19.1 Å². The van der Waals surface area contributed by atoms with E-state index in [1.807, 2.05) is 0 Å². The Labute approximate surface area is 164 Å². The normalized spacial score (nSPS) is 10.6. The van der Waals surface area contributed by atoms with E-state index < -0.39 is 32.8 Å². The van der Waals surface area contributed by atoms with Crippen LogP contribution in [0, 0.1) is 27.2 Å². The van der Waals surface area contributed by atoms with Gasteiger partial charge in [0.05, 0.1) is 15.9 Å². The monoisotopic (exact) mass is 447 g/mol. The molecule has 0 spiro atoms. The second-order valence-corrected chi connectivity index (χ2v) is 6.67. The van der Waals surface area contributed by atoms with Crippen molar-refractivity contribution >= 4 is 49.9 Å². The first kappa shape index (κ1) is 19.2. The number of nitrogens with one attached hydrogen (secondary N) is 1. The van der Waals surface area contributed by atoms with Crippen molar-refractivity contribution in [1.82, 2.24) is 0 Å². The highest BCUT2D eigenvalue weighted by Crippen LogP contribution is 2.33. The average molecular weight is 448 g/mol. The third-order valence-corrected chi connectivity index (χ3v) is 4.38. The molecule has 1 amide bonds. The fourth-order valence-corrected chi connectivity index (χ4v) is 2.97. The second-order valence-electron chi connectivity index (χ2n) is 5.75. The number of hydrogen-bond donors (Lipinski definition) is 1. The molecule has 0 radical (unpaired) electrons. The minimum atomic E-state index is -0.935. The van der Waals surface area contributed by atoms with Crippen LogP contribution in [0.5, 0.6) is 0 Å². The molecule has 142 valence electrons. The highest BCUT2D eigenvalue weighted by Gasteiger charge is 2.25. The first-order valence-electron chi connectivity index (χ1n) is 7.65. The Morgan fingerprint density at radius 2 is 1.82 bits per heavy atom. The summed E-state index contributed by atoms with van der Waals surface area (Å²) in [7, 11) is 0. The summed E-state index contributed by atoms with van der Waals surface area (Å²) in [5, 5.41) is 25.0. The van der Waals surface area contributed by atoms with Crippen LogP contribution >= 0.6 is 15.9 Å². The molecule has 0 bridgehead atoms. The molecule has 0 fully saturated rings. The number of non-ortho nitro benzene ring substituents is 1. The van der Waals surface area contributed by atoms with Crippen LogP contribution in [0.4, 0.5) is 17.1 Å². The van der Waals surface area contributed by atoms with Gasteiger partial charge >= 0.3 is 5.63 Å². The number of benzene rings is 2. The molecule has 2 aromatic carbocycles. The smallest absolute Gasteiger partial charge is 0.349 e. The highest BCUT2D eigenvalue weighted by atomic mass is 79.9. The molecule has 0 saturated carbocycles. The van der Waals surface area contributed by atoms with Crippen LogP contribution < -0.4 is 10.9 Å². The van der Waals surface area contributed by atoms with Gasteiger partial charge in [-0.1, -0.05) is 15.9 Å². The number of nitrogens with zero attached hydrogens (tertiary/aromatic N) is 2. The van der Waals surface area contributed by atoms with Crippen LogP contribution in [0.25, 0.3) is 11.0 Å². The molecule has 0 unspecified atom stereocenters. The third-order valence-electron chi connectivity index (χ3n) is 3.88. The summed E-state index contributed by atoms with van der Waals surface area (Å²) in [4.78, 5) is 45.3. The Bertz CT molecular complexity index is 1220. The predicted octanol–water partition coefficient (Wildman–Crippen LogP) is 3.93. The van der Waals surface area contributed by atoms with Crippen LogP contribution in [-0.2, 0) is 0 Å². The molecule has 11 heteroatoms. The maximum absolute atomic E-state index is 12.6. The van der Waals surface area contributed by atoms with Crippen LogP contribution in [0.15, 0.2) is 50.1 Å². The fraction of sp³-hybridized carbons (Fsp3) is 0.0588. The van der Waals surface area contributed by atoms with Gasteiger partial charge in [0.1, 0.15) is 16.8 Å². The molecule has 0 saturated heterocycles. The van der Waals surface area contributed by atoms with E-state index in [1.54, 1.807) is 18.2 Å². The number of rotatable bonds is 4. The largest absolute Gasteiger partial charge is 0.422 e. The topological polar surface area (TPSA) is 146 Å². The zero-order valence-electron chi connectivity index (χ0n) is 14.1. The summed E-state index contributed by atoms with van der Waals surface area (Å²) >= 11 is 3.27. The van der Waals surface area contributed by atoms with Crippen molar-refractivity contribution in [3.8, 4) is 0 Å². The van der Waals surface area contributed by atoms with Gasteiger partial charge in [-0.3, -0.25) is 25.0 Å². The third kappa shape index (κ3) is 3.60. The summed E-state index contributed by atoms with van der Waals surface area (Å²) in [5.41, 5.74) is -2.31. The van der Waals surface area contributed by atoms with Gasteiger partial charge in [-0.15, -0.1) is 0 Å². The van der Waals surface area contributed by atoms with Gasteiger partial charge in [0.25, 0.3) is 17.3 Å². The first-order chi connectivity index (χ1) is 13.2. The Kier molecular flexibility index (Phi) is 4.92. The molecule has 3 rings (SSSR count). The lowest BCUT2D eigenvalue weighted by molar-refractivity contribution is -0.393. The SMILES string of the molecule is Cc1cc([N+](=O)[O-])cc([N+](=O)[O-])c1NC(=O)c1cc2cc(Br)ccc2oc1=O. The fourth-order valence-electron chi connectivity index (χ4n) is 2.60. The Morgan fingerprint density at radius 3 is 2.46 bits per heavy atom. The Balaban J connectivity index is 2.07. The van der Waals surface area contributed by atoms with Gasteiger partial charge in [0.15, 0.2) is 0 Å². The molecule has 1 heterocycles. The molecular weight excluding hydrogens is 438 g/mol. The number of halogens is 1. The Hall–Kier alpha value is -3.60. The maximum atomic E-state index is 12.6. The van der Waals surface area contributed by atoms with Crippen LogP contribution in [0.2, 0.25) is 0 Å². The lowest BCUT2D eigenvalue weighted by atomic mass is 10.1. The molecule has 0 atom stereocenters. The van der Waals surface area contributed by atoms with E-state index in [9.17, 15) is 29.8 Å². The van der Waals surface area contributed by atoms with Crippen LogP contribution in [-0.4, -0.2) is 15.8 Å². The molecule has 0 aliphatic carbocycles. The van der Waals surface area contributed by atoms with E-state index in [0.717, 1.165) is 12.1 Å². The molecule has 10 nitrogen and oxygen atoms in total. The summed E-state index contributed by atoms with van der Waals surface area (Å²) in [6.07, 6.45) is 0. The molecule has 3 aromatic rings. The second kappa shape index (κ2) is 7.19. The van der Waals surface area contributed by atoms with E-state index in [0.29, 0.717) is 9.86 Å². The summed E-state index contributed by atoms with van der Waals surface area (Å²) < 4.78 is 5.80. The van der Waals surface area contributed by atoms with Crippen molar-refractivity contribution in [3.05, 3.63) is 82.6 Å². The van der Waals surface area contributed by atoms with E-state index in [1.165, 1.54) is 13.0 Å². The highest BCUT2D eigenvalue weighted by molar-refractivity contribution is 9.10. The number of hydrogen-bond acceptors (Lipinski definition) is 7. The van der Waals surface area contributed by atoms with Crippen molar-refractivity contribution in [1.29, 1.82) is 0 Å². The molecule has 1 aromatic heterocycles. The number of nitro groups is 2. The number of nitro benzene ring substituents is 2. The molecular formula is C17H10BrN3O7. The zero-order chi connectivity index (χ0) is 20.6. The number of fused-ring (bicyclic) bond motifs is 1. The summed E-state index contributed by atoms with van der Waals surface area (Å²) in [6, 6.07) is 7.97. The predicted molar refractivity (Wildman–Crippen MR) is 103 cm³/mol. The molecule has 1 N–H and O–H groups in total. The van der Waals surface area contributed by atoms with E-state index in [2.05, 4.69) is 21.2 Å². The van der Waals surface area contributed by atoms with Crippen LogP contribution in [0.3, 0.4) is 0 Å². The standard InChI is InChI=1S/C17H10BrN3O7/c1-8-4-11(20(24)25)7-13(21(26)27)15(8)19-16(22)12-6-9-5-10(18)2-3-14(9)28-17(12)23/h2-7H,1H3,(H,19,22). The van der Waals surface area contributed by atoms with Crippen molar-refractivity contribution in [2.45, 2.75) is 6.92 Å². The van der Waals surface area contributed by atoms with E-state index in [-0.39, 0.29) is 22.4 Å². The number of anilines is 1. The zero-order valence-corrected chi connectivity index (χ0v) is 15.7. The first-order valence-corrected chi connectivity index (χ1v) is 8.45. The number of amides is 1. The lowest BCUT2D eigenvalue weighted by Crippen LogP contribution is -2.21. The van der Waals surface area contributed by atoms with Gasteiger partial charge in [-0.05, 0) is 36.8 Å². The van der Waals surface area contributed by atoms with Gasteiger partial charge in [0.2, 0.25) is 0 Å². The van der Waals surface area contributed by atoms with Crippen molar-refractivity contribution in [2.24, 2.45) is 0 Å². The van der Waals surface area contributed by atoms with Crippen molar-refractivity contribution in [3.63, 3.8) is 0 Å². The number of carbonyl (C=O) groups is 1. The Morgan fingerprint density at radius 1 is 1.11 bits per heavy atom. The average Bonchev–Trinajstić information content (AvgIpc) is 2.62. The van der Waals surface area contributed by atoms with Crippen molar-refractivity contribution in [2.75, 3.05) is 5.32 Å². The number of carbonyl (C=O) groups excluding carboxylic acids is 1. The van der Waals surface area contributed by atoms with Gasteiger partial charge in [0, 0.05) is 15.9 Å². The lowest BCUT2D eigenvalue weighted by Gasteiger charge is -2.09. The summed E-state index contributed by atoms with van der Waals surface area (Å²) in [6.45, 7) is 1.37. The minimum absolute atomic E-state index is 0.0992. The van der Waals surface area contributed by atoms with Gasteiger partial charge < -0.3 is 9.73 Å². The minimum Gasteiger partial charge on any atom is -0.422 e.